The van der Waals surface area contributed by atoms with Gasteiger partial charge in [-0.05, 0) is 6.92 Å². The third kappa shape index (κ3) is 6.31. The van der Waals surface area contributed by atoms with Gasteiger partial charge in [0.1, 0.15) is 0 Å². The normalized spacial score (nSPS) is 15.7. The van der Waals surface area contributed by atoms with E-state index in [1.165, 1.54) is 7.11 Å². The molecule has 0 heterocycles. The van der Waals surface area contributed by atoms with E-state index in [9.17, 15) is 15.0 Å². The lowest BCUT2D eigenvalue weighted by atomic mass is 10.1. The minimum atomic E-state index is -0.848. The molecule has 0 aliphatic carbocycles. The fourth-order valence-corrected chi connectivity index (χ4v) is 0.939. The van der Waals surface area contributed by atoms with Crippen molar-refractivity contribution in [1.29, 1.82) is 0 Å². The molecule has 0 amide bonds. The van der Waals surface area contributed by atoms with E-state index in [1.807, 2.05) is 0 Å². The summed E-state index contributed by atoms with van der Waals surface area (Å²) in [7, 11) is 1.26. The van der Waals surface area contributed by atoms with Gasteiger partial charge in [-0.25, -0.2) is 0 Å². The predicted molar refractivity (Wildman–Crippen MR) is 48.1 cm³/mol. The largest absolute Gasteiger partial charge is 0.469 e. The molecule has 4 heteroatoms. The molecule has 2 atom stereocenters. The molecule has 76 valence electrons. The van der Waals surface area contributed by atoms with E-state index in [4.69, 9.17) is 0 Å². The maximum absolute atomic E-state index is 10.7. The zero-order chi connectivity index (χ0) is 10.3. The molecule has 0 saturated carbocycles. The third-order valence-corrected chi connectivity index (χ3v) is 1.56. The molecule has 0 aromatic rings. The summed E-state index contributed by atoms with van der Waals surface area (Å²) in [5, 5.41) is 18.5. The number of carbonyl (C=O) groups excluding carboxylic acids is 1. The second-order valence-corrected chi connectivity index (χ2v) is 2.76. The van der Waals surface area contributed by atoms with Crippen LogP contribution in [0.25, 0.3) is 0 Å². The van der Waals surface area contributed by atoms with Gasteiger partial charge in [-0.2, -0.15) is 0 Å². The zero-order valence-corrected chi connectivity index (χ0v) is 7.93. The molecule has 13 heavy (non-hydrogen) atoms. The van der Waals surface area contributed by atoms with Crippen LogP contribution < -0.4 is 0 Å². The Kier molecular flexibility index (Phi) is 6.18. The van der Waals surface area contributed by atoms with Gasteiger partial charge in [0.25, 0.3) is 0 Å². The van der Waals surface area contributed by atoms with Crippen LogP contribution >= 0.6 is 0 Å². The summed E-state index contributed by atoms with van der Waals surface area (Å²) in [6.45, 7) is 1.77. The highest BCUT2D eigenvalue weighted by atomic mass is 16.5. The molecule has 0 aliphatic rings. The topological polar surface area (TPSA) is 66.8 Å². The van der Waals surface area contributed by atoms with Gasteiger partial charge in [-0.1, -0.05) is 12.2 Å². The van der Waals surface area contributed by atoms with E-state index < -0.39 is 18.2 Å². The fraction of sp³-hybridized carbons (Fsp3) is 0.667. The Labute approximate surface area is 77.8 Å². The second kappa shape index (κ2) is 6.62. The highest BCUT2D eigenvalue weighted by molar-refractivity contribution is 5.69. The smallest absolute Gasteiger partial charge is 0.308 e. The van der Waals surface area contributed by atoms with Crippen molar-refractivity contribution < 1.29 is 19.7 Å². The van der Waals surface area contributed by atoms with Crippen LogP contribution in [0.1, 0.15) is 19.8 Å². The van der Waals surface area contributed by atoms with Crippen LogP contribution in [0.5, 0.6) is 0 Å². The van der Waals surface area contributed by atoms with Gasteiger partial charge in [0.05, 0.1) is 25.7 Å². The quantitative estimate of drug-likeness (QED) is 0.479. The van der Waals surface area contributed by atoms with E-state index >= 15 is 0 Å². The molecule has 0 unspecified atom stereocenters. The lowest BCUT2D eigenvalue weighted by Crippen LogP contribution is -2.20. The maximum atomic E-state index is 10.7. The lowest BCUT2D eigenvalue weighted by Gasteiger charge is -2.11. The van der Waals surface area contributed by atoms with Crippen molar-refractivity contribution in [1.82, 2.24) is 0 Å². The van der Waals surface area contributed by atoms with Gasteiger partial charge in [0.15, 0.2) is 0 Å². The van der Waals surface area contributed by atoms with Gasteiger partial charge in [-0.3, -0.25) is 4.79 Å². The maximum Gasteiger partial charge on any atom is 0.308 e. The predicted octanol–water partition coefficient (Wildman–Crippen LogP) is 0.237. The molecule has 0 fully saturated rings. The number of aliphatic hydroxyl groups is 2. The van der Waals surface area contributed by atoms with Crippen LogP contribution in [-0.4, -0.2) is 35.5 Å². The molecule has 0 aromatic heterocycles. The molecule has 4 nitrogen and oxygen atoms in total. The van der Waals surface area contributed by atoms with Crippen LogP contribution in [0.2, 0.25) is 0 Å². The van der Waals surface area contributed by atoms with Crippen molar-refractivity contribution in [3.8, 4) is 0 Å². The summed E-state index contributed by atoms with van der Waals surface area (Å²) >= 11 is 0. The molecule has 0 spiro atoms. The van der Waals surface area contributed by atoms with Crippen LogP contribution in [0.15, 0.2) is 12.2 Å². The molecule has 0 aromatic carbocycles. The molecular weight excluding hydrogens is 172 g/mol. The standard InChI is InChI=1S/C9H16O4/c1-3-4-7(10)5-8(11)6-9(12)13-2/h3-4,7-8,10-11H,5-6H2,1-2H3/t7-,8-/m1/s1. The first-order chi connectivity index (χ1) is 6.10. The van der Waals surface area contributed by atoms with Gasteiger partial charge < -0.3 is 14.9 Å². The Morgan fingerprint density at radius 3 is 2.62 bits per heavy atom. The Morgan fingerprint density at radius 1 is 1.54 bits per heavy atom. The number of rotatable bonds is 5. The zero-order valence-electron chi connectivity index (χ0n) is 7.93. The molecule has 0 aliphatic heterocycles. The van der Waals surface area contributed by atoms with Gasteiger partial charge in [-0.15, -0.1) is 0 Å². The first-order valence-electron chi connectivity index (χ1n) is 4.16. The average Bonchev–Trinajstić information content (AvgIpc) is 2.04. The SMILES string of the molecule is CC=C[C@@H](O)C[C@@H](O)CC(=O)OC. The van der Waals surface area contributed by atoms with E-state index in [0.717, 1.165) is 0 Å². The first kappa shape index (κ1) is 12.1. The summed E-state index contributed by atoms with van der Waals surface area (Å²) in [5.41, 5.74) is 0. The Balaban J connectivity index is 3.73. The van der Waals surface area contributed by atoms with E-state index in [1.54, 1.807) is 19.1 Å². The van der Waals surface area contributed by atoms with Gasteiger partial charge in [0, 0.05) is 6.42 Å². The van der Waals surface area contributed by atoms with Crippen molar-refractivity contribution in [3.05, 3.63) is 12.2 Å². The second-order valence-electron chi connectivity index (χ2n) is 2.76. The number of allylic oxidation sites excluding steroid dienone is 1. The summed E-state index contributed by atoms with van der Waals surface area (Å²) in [4.78, 5) is 10.7. The van der Waals surface area contributed by atoms with Crippen LogP contribution in [0.3, 0.4) is 0 Å². The molecule has 0 rings (SSSR count). The number of hydrogen-bond acceptors (Lipinski definition) is 4. The number of ether oxygens (including phenoxy) is 1. The summed E-state index contributed by atoms with van der Waals surface area (Å²) in [6.07, 6.45) is 1.77. The van der Waals surface area contributed by atoms with Crippen molar-refractivity contribution >= 4 is 5.97 Å². The molecular formula is C9H16O4. The number of carbonyl (C=O) groups is 1. The summed E-state index contributed by atoms with van der Waals surface area (Å²) < 4.78 is 4.36. The average molecular weight is 188 g/mol. The summed E-state index contributed by atoms with van der Waals surface area (Å²) in [6, 6.07) is 0. The Bertz CT molecular complexity index is 176. The van der Waals surface area contributed by atoms with E-state index in [-0.39, 0.29) is 12.8 Å². The van der Waals surface area contributed by atoms with Crippen molar-refractivity contribution in [2.45, 2.75) is 32.0 Å². The number of methoxy groups -OCH3 is 1. The highest BCUT2D eigenvalue weighted by Gasteiger charge is 2.13. The van der Waals surface area contributed by atoms with Crippen LogP contribution in [-0.2, 0) is 9.53 Å². The van der Waals surface area contributed by atoms with Gasteiger partial charge in [0.2, 0.25) is 0 Å². The van der Waals surface area contributed by atoms with E-state index in [2.05, 4.69) is 4.74 Å². The molecule has 0 radical (unpaired) electrons. The Hall–Kier alpha value is -0.870. The minimum Gasteiger partial charge on any atom is -0.469 e. The lowest BCUT2D eigenvalue weighted by molar-refractivity contribution is -0.143. The minimum absolute atomic E-state index is 0.0783. The van der Waals surface area contributed by atoms with Crippen molar-refractivity contribution in [2.75, 3.05) is 7.11 Å². The van der Waals surface area contributed by atoms with Crippen molar-refractivity contribution in [2.24, 2.45) is 0 Å². The fourth-order valence-electron chi connectivity index (χ4n) is 0.939. The highest BCUT2D eigenvalue weighted by Crippen LogP contribution is 2.04. The summed E-state index contributed by atoms with van der Waals surface area (Å²) in [5.74, 6) is -0.472. The molecule has 2 N–H and O–H groups in total. The van der Waals surface area contributed by atoms with Gasteiger partial charge >= 0.3 is 5.97 Å². The van der Waals surface area contributed by atoms with Crippen LogP contribution in [0, 0.1) is 0 Å². The van der Waals surface area contributed by atoms with Crippen LogP contribution in [0.4, 0.5) is 0 Å². The number of esters is 1. The first-order valence-corrected chi connectivity index (χ1v) is 4.16. The molecule has 0 saturated heterocycles. The Morgan fingerprint density at radius 2 is 2.15 bits per heavy atom. The van der Waals surface area contributed by atoms with E-state index in [0.29, 0.717) is 0 Å². The molecule has 0 bridgehead atoms. The monoisotopic (exact) mass is 188 g/mol. The third-order valence-electron chi connectivity index (χ3n) is 1.56. The number of aliphatic hydroxyl groups excluding tert-OH is 2. The van der Waals surface area contributed by atoms with Crippen molar-refractivity contribution in [3.63, 3.8) is 0 Å². The number of hydrogen-bond donors (Lipinski definition) is 2.